The van der Waals surface area contributed by atoms with Crippen LogP contribution in [-0.2, 0) is 24.8 Å². The Morgan fingerprint density at radius 1 is 1.03 bits per heavy atom. The molecule has 204 valence electrons. The second-order valence-electron chi connectivity index (χ2n) is 8.21. The largest absolute Gasteiger partial charge is 0.495 e. The van der Waals surface area contributed by atoms with Crippen molar-refractivity contribution in [2.24, 2.45) is 0 Å². The van der Waals surface area contributed by atoms with Gasteiger partial charge in [0.25, 0.3) is 0 Å². The van der Waals surface area contributed by atoms with E-state index in [1.807, 2.05) is 0 Å². The molecule has 14 heteroatoms. The second kappa shape index (κ2) is 12.2. The molecule has 3 rings (SSSR count). The summed E-state index contributed by atoms with van der Waals surface area (Å²) in [5.41, 5.74) is 0.0987. The van der Waals surface area contributed by atoms with Crippen molar-refractivity contribution in [1.82, 2.24) is 9.62 Å². The zero-order valence-corrected chi connectivity index (χ0v) is 23.2. The number of hydrogen-bond acceptors (Lipinski definition) is 8. The molecule has 37 heavy (non-hydrogen) atoms. The van der Waals surface area contributed by atoms with Crippen molar-refractivity contribution < 1.29 is 35.8 Å². The number of amides is 1. The van der Waals surface area contributed by atoms with Crippen molar-refractivity contribution in [1.29, 1.82) is 0 Å². The third kappa shape index (κ3) is 7.18. The second-order valence-corrected chi connectivity index (χ2v) is 12.5. The summed E-state index contributed by atoms with van der Waals surface area (Å²) in [6.45, 7) is 0.708. The van der Waals surface area contributed by atoms with Gasteiger partial charge in [-0.25, -0.2) is 16.8 Å². The number of ether oxygens (including phenoxy) is 3. The summed E-state index contributed by atoms with van der Waals surface area (Å²) < 4.78 is 68.5. The molecular weight excluding hydrogens is 546 g/mol. The van der Waals surface area contributed by atoms with E-state index in [1.54, 1.807) is 12.1 Å². The van der Waals surface area contributed by atoms with Gasteiger partial charge in [0.15, 0.2) is 0 Å². The van der Waals surface area contributed by atoms with Crippen LogP contribution in [0, 0.1) is 0 Å². The molecule has 1 fully saturated rings. The summed E-state index contributed by atoms with van der Waals surface area (Å²) in [4.78, 5) is 12.7. The molecule has 0 aromatic heterocycles. The molecule has 0 unspecified atom stereocenters. The van der Waals surface area contributed by atoms with Crippen LogP contribution in [0.4, 0.5) is 5.69 Å². The first-order chi connectivity index (χ1) is 17.5. The third-order valence-corrected chi connectivity index (χ3v) is 8.96. The minimum absolute atomic E-state index is 0.0843. The van der Waals surface area contributed by atoms with E-state index in [0.717, 1.165) is 23.4 Å². The van der Waals surface area contributed by atoms with E-state index in [-0.39, 0.29) is 40.3 Å². The van der Waals surface area contributed by atoms with E-state index in [2.05, 4.69) is 5.32 Å². The van der Waals surface area contributed by atoms with Crippen LogP contribution in [0.15, 0.2) is 41.3 Å². The van der Waals surface area contributed by atoms with Crippen molar-refractivity contribution in [3.05, 3.63) is 41.4 Å². The number of rotatable bonds is 12. The lowest BCUT2D eigenvalue weighted by atomic mass is 10.2. The highest BCUT2D eigenvalue weighted by Crippen LogP contribution is 2.38. The van der Waals surface area contributed by atoms with Crippen LogP contribution in [-0.4, -0.2) is 80.3 Å². The molecule has 2 aromatic carbocycles. The first kappa shape index (κ1) is 28.8. The van der Waals surface area contributed by atoms with Crippen LogP contribution in [0.5, 0.6) is 17.2 Å². The van der Waals surface area contributed by atoms with Crippen molar-refractivity contribution in [2.45, 2.75) is 17.7 Å². The third-order valence-electron chi connectivity index (χ3n) is 5.63. The Morgan fingerprint density at radius 2 is 1.65 bits per heavy atom. The first-order valence-corrected chi connectivity index (χ1v) is 15.0. The molecule has 0 aliphatic carbocycles. The van der Waals surface area contributed by atoms with E-state index in [1.165, 1.54) is 42.8 Å². The van der Waals surface area contributed by atoms with Crippen molar-refractivity contribution in [3.63, 3.8) is 0 Å². The van der Waals surface area contributed by atoms with Crippen molar-refractivity contribution >= 4 is 43.2 Å². The van der Waals surface area contributed by atoms with Gasteiger partial charge in [0.05, 0.1) is 42.6 Å². The number of halogens is 1. The van der Waals surface area contributed by atoms with Crippen LogP contribution in [0.3, 0.4) is 0 Å². The van der Waals surface area contributed by atoms with Gasteiger partial charge in [-0.1, -0.05) is 11.6 Å². The predicted molar refractivity (Wildman–Crippen MR) is 140 cm³/mol. The normalized spacial score (nSPS) is 14.3. The Balaban J connectivity index is 1.57. The molecular formula is C23H30ClN3O8S2. The van der Waals surface area contributed by atoms with Gasteiger partial charge in [-0.3, -0.25) is 9.10 Å². The molecule has 0 saturated carbocycles. The van der Waals surface area contributed by atoms with Crippen LogP contribution >= 0.6 is 11.6 Å². The number of sulfonamides is 2. The maximum absolute atomic E-state index is 12.6. The van der Waals surface area contributed by atoms with Gasteiger partial charge in [0.1, 0.15) is 30.4 Å². The summed E-state index contributed by atoms with van der Waals surface area (Å²) in [6, 6.07) is 8.86. The Bertz CT molecular complexity index is 1310. The van der Waals surface area contributed by atoms with Crippen molar-refractivity contribution in [3.8, 4) is 17.2 Å². The average Bonchev–Trinajstić information content (AvgIpc) is 3.41. The highest BCUT2D eigenvalue weighted by Gasteiger charge is 2.27. The van der Waals surface area contributed by atoms with Gasteiger partial charge in [-0.2, -0.15) is 4.31 Å². The molecule has 0 radical (unpaired) electrons. The quantitative estimate of drug-likeness (QED) is 0.381. The standard InChI is InChI=1S/C23H30ClN3O8S2/c1-33-21-15-20(22(34-2)14-19(21)24)27(36(3,29)30)16-23(28)25-10-13-35-17-6-8-18(9-7-17)37(31,32)26-11-4-5-12-26/h6-9,14-15H,4-5,10-13,16H2,1-3H3,(H,25,28). The SMILES string of the molecule is COc1cc(N(CC(=O)NCCOc2ccc(S(=O)(=O)N3CCCC3)cc2)S(C)(=O)=O)c(OC)cc1Cl. The molecule has 11 nitrogen and oxygen atoms in total. The summed E-state index contributed by atoms with van der Waals surface area (Å²) in [7, 11) is -4.64. The maximum atomic E-state index is 12.6. The topological polar surface area (TPSA) is 132 Å². The molecule has 0 atom stereocenters. The molecule has 0 bridgehead atoms. The fourth-order valence-corrected chi connectivity index (χ4v) is 6.35. The number of hydrogen-bond donors (Lipinski definition) is 1. The zero-order valence-electron chi connectivity index (χ0n) is 20.8. The average molecular weight is 576 g/mol. The van der Waals surface area contributed by atoms with Crippen LogP contribution in [0.2, 0.25) is 5.02 Å². The van der Waals surface area contributed by atoms with E-state index in [4.69, 9.17) is 25.8 Å². The fourth-order valence-electron chi connectivity index (χ4n) is 3.75. The highest BCUT2D eigenvalue weighted by molar-refractivity contribution is 7.92. The molecule has 1 aliphatic heterocycles. The molecule has 1 heterocycles. The molecule has 1 N–H and O–H groups in total. The van der Waals surface area contributed by atoms with Crippen LogP contribution in [0.1, 0.15) is 12.8 Å². The number of methoxy groups -OCH3 is 2. The van der Waals surface area contributed by atoms with Crippen molar-refractivity contribution in [2.75, 3.05) is 57.6 Å². The number of nitrogens with one attached hydrogen (secondary N) is 1. The molecule has 0 spiro atoms. The maximum Gasteiger partial charge on any atom is 0.243 e. The van der Waals surface area contributed by atoms with Crippen LogP contribution < -0.4 is 23.8 Å². The number of anilines is 1. The van der Waals surface area contributed by atoms with E-state index < -0.39 is 32.5 Å². The van der Waals surface area contributed by atoms with Gasteiger partial charge >= 0.3 is 0 Å². The molecule has 1 aliphatic rings. The monoisotopic (exact) mass is 575 g/mol. The highest BCUT2D eigenvalue weighted by atomic mass is 35.5. The Kier molecular flexibility index (Phi) is 9.51. The number of nitrogens with zero attached hydrogens (tertiary/aromatic N) is 2. The van der Waals surface area contributed by atoms with E-state index >= 15 is 0 Å². The fraction of sp³-hybridized carbons (Fsp3) is 0.435. The van der Waals surface area contributed by atoms with Gasteiger partial charge in [0, 0.05) is 25.2 Å². The predicted octanol–water partition coefficient (Wildman–Crippen LogP) is 2.10. The van der Waals surface area contributed by atoms with E-state index in [9.17, 15) is 21.6 Å². The Labute approximate surface area is 222 Å². The minimum Gasteiger partial charge on any atom is -0.495 e. The minimum atomic E-state index is -3.87. The van der Waals surface area contributed by atoms with Gasteiger partial charge < -0.3 is 19.5 Å². The van der Waals surface area contributed by atoms with E-state index in [0.29, 0.717) is 18.8 Å². The summed E-state index contributed by atoms with van der Waals surface area (Å²) >= 11 is 6.10. The van der Waals surface area contributed by atoms with Gasteiger partial charge in [-0.05, 0) is 37.1 Å². The number of carbonyl (C=O) groups excluding carboxylic acids is 1. The lowest BCUT2D eigenvalue weighted by molar-refractivity contribution is -0.119. The number of benzene rings is 2. The molecule has 2 aromatic rings. The molecule has 1 saturated heterocycles. The summed E-state index contributed by atoms with van der Waals surface area (Å²) in [5, 5.41) is 2.83. The lowest BCUT2D eigenvalue weighted by Gasteiger charge is -2.24. The first-order valence-electron chi connectivity index (χ1n) is 11.4. The van der Waals surface area contributed by atoms with Crippen LogP contribution in [0.25, 0.3) is 0 Å². The van der Waals surface area contributed by atoms with Gasteiger partial charge in [-0.15, -0.1) is 0 Å². The van der Waals surface area contributed by atoms with Gasteiger partial charge in [0.2, 0.25) is 26.0 Å². The smallest absolute Gasteiger partial charge is 0.243 e. The molecule has 1 amide bonds. The zero-order chi connectivity index (χ0) is 27.2. The Morgan fingerprint density at radius 3 is 2.22 bits per heavy atom. The Hall–Kier alpha value is -2.74. The summed E-state index contributed by atoms with van der Waals surface area (Å²) in [6.07, 6.45) is 2.68. The lowest BCUT2D eigenvalue weighted by Crippen LogP contribution is -2.41. The summed E-state index contributed by atoms with van der Waals surface area (Å²) in [5.74, 6) is 0.240. The number of carbonyl (C=O) groups is 1.